The molecule has 4 aliphatic rings. The van der Waals surface area contributed by atoms with Crippen LogP contribution in [0.15, 0.2) is 49.1 Å². The van der Waals surface area contributed by atoms with Crippen molar-refractivity contribution in [3.05, 3.63) is 60.2 Å². The molecule has 3 aromatic rings. The number of halogens is 3. The van der Waals surface area contributed by atoms with Crippen LogP contribution >= 0.6 is 0 Å². The lowest BCUT2D eigenvalue weighted by atomic mass is 9.84. The maximum absolute atomic E-state index is 13.4. The third-order valence-electron chi connectivity index (χ3n) is 13.6. The van der Waals surface area contributed by atoms with Crippen LogP contribution in [0.2, 0.25) is 0 Å². The summed E-state index contributed by atoms with van der Waals surface area (Å²) in [5.41, 5.74) is 0.395. The number of nitrogens with one attached hydrogen (secondary N) is 3. The fourth-order valence-corrected chi connectivity index (χ4v) is 9.83. The summed E-state index contributed by atoms with van der Waals surface area (Å²) in [6, 6.07) is 6.43. The van der Waals surface area contributed by atoms with E-state index < -0.39 is 23.7 Å². The van der Waals surface area contributed by atoms with Crippen LogP contribution in [0.4, 0.5) is 19.0 Å². The Hall–Kier alpha value is -5.39. The van der Waals surface area contributed by atoms with E-state index in [-0.39, 0.29) is 59.1 Å². The van der Waals surface area contributed by atoms with Gasteiger partial charge in [-0.1, -0.05) is 31.7 Å². The standard InChI is InChI=1S/C46H61F3N10O5/c1-56-40(61)28-36(41(56)32-9-8-18-50-29-32)44(63)51-19-7-5-3-2-4-6-10-39(60)58-25-23-57(24-26-58)34-14-11-31(12-15-34)43(62)52-20-22-59-21-17-38(45(59)64)55-42-35-27-33(46(47,48)49)13-16-37(35)53-30-54-42/h8-9,13,16,18,27,29-31,34,36,38,41H,2-7,10-12,14-15,17,19-26,28H2,1H3,(H,51,63)(H,52,62)(H,53,54,55)/t31?,34?,36-,38-,41+/m0/s1. The van der Waals surface area contributed by atoms with Crippen LogP contribution < -0.4 is 16.0 Å². The van der Waals surface area contributed by atoms with E-state index in [1.165, 1.54) is 12.4 Å². The summed E-state index contributed by atoms with van der Waals surface area (Å²) in [6.07, 6.45) is 10.6. The van der Waals surface area contributed by atoms with Crippen molar-refractivity contribution < 1.29 is 37.1 Å². The minimum Gasteiger partial charge on any atom is -0.358 e. The minimum absolute atomic E-state index is 0.00474. The number of aromatic nitrogens is 3. The van der Waals surface area contributed by atoms with Gasteiger partial charge in [0.1, 0.15) is 18.2 Å². The van der Waals surface area contributed by atoms with Gasteiger partial charge >= 0.3 is 6.18 Å². The molecule has 346 valence electrons. The van der Waals surface area contributed by atoms with Gasteiger partial charge in [-0.15, -0.1) is 0 Å². The fraction of sp³-hybridized carbons (Fsp3) is 0.609. The van der Waals surface area contributed by atoms with E-state index in [1.54, 1.807) is 29.2 Å². The van der Waals surface area contributed by atoms with Crippen LogP contribution in [0, 0.1) is 11.8 Å². The van der Waals surface area contributed by atoms with Crippen LogP contribution in [-0.4, -0.2) is 136 Å². The number of pyridine rings is 1. The molecule has 5 heterocycles. The largest absolute Gasteiger partial charge is 0.416 e. The maximum atomic E-state index is 13.4. The van der Waals surface area contributed by atoms with Crippen molar-refractivity contribution in [2.24, 2.45) is 11.8 Å². The molecule has 1 saturated carbocycles. The van der Waals surface area contributed by atoms with Gasteiger partial charge in [0, 0.05) is 102 Å². The lowest BCUT2D eigenvalue weighted by Gasteiger charge is -2.41. The average Bonchev–Trinajstić information content (AvgIpc) is 3.81. The second-order valence-corrected chi connectivity index (χ2v) is 17.7. The third kappa shape index (κ3) is 11.6. The SMILES string of the molecule is CN1C(=O)C[C@H](C(=O)NCCCCCCCCC(=O)N2CCN(C3CCC(C(=O)NCCN4CC[C@H](Nc5ncnc6ccc(C(F)(F)F)cc56)C4=O)CC3)CC2)[C@H]1c1cccnc1. The monoisotopic (exact) mass is 890 g/mol. The third-order valence-corrected chi connectivity index (χ3v) is 13.6. The molecule has 3 aliphatic heterocycles. The number of amides is 5. The van der Waals surface area contributed by atoms with Crippen molar-refractivity contribution in [1.82, 2.24) is 45.2 Å². The first-order chi connectivity index (χ1) is 30.9. The summed E-state index contributed by atoms with van der Waals surface area (Å²) < 4.78 is 40.1. The van der Waals surface area contributed by atoms with Crippen LogP contribution in [0.1, 0.15) is 101 Å². The predicted molar refractivity (Wildman–Crippen MR) is 233 cm³/mol. The summed E-state index contributed by atoms with van der Waals surface area (Å²) in [6.45, 7) is 4.81. The second kappa shape index (κ2) is 21.5. The molecule has 1 aromatic carbocycles. The van der Waals surface area contributed by atoms with Gasteiger partial charge in [0.2, 0.25) is 29.5 Å². The molecule has 0 radical (unpaired) electrons. The number of hydrogen-bond acceptors (Lipinski definition) is 10. The molecular formula is C46H61F3N10O5. The van der Waals surface area contributed by atoms with Crippen molar-refractivity contribution in [1.29, 1.82) is 0 Å². The number of rotatable bonds is 18. The topological polar surface area (TPSA) is 173 Å². The number of likely N-dealkylation sites (tertiary alicyclic amines) is 2. The van der Waals surface area contributed by atoms with Crippen LogP contribution in [0.25, 0.3) is 10.9 Å². The first-order valence-electron chi connectivity index (χ1n) is 23.0. The summed E-state index contributed by atoms with van der Waals surface area (Å²) in [7, 11) is 1.74. The van der Waals surface area contributed by atoms with Crippen molar-refractivity contribution in [3.63, 3.8) is 0 Å². The number of benzene rings is 1. The second-order valence-electron chi connectivity index (χ2n) is 17.7. The zero-order valence-corrected chi connectivity index (χ0v) is 36.7. The zero-order valence-electron chi connectivity index (χ0n) is 36.7. The molecule has 18 heteroatoms. The van der Waals surface area contributed by atoms with Crippen molar-refractivity contribution in [3.8, 4) is 0 Å². The Morgan fingerprint density at radius 3 is 2.30 bits per heavy atom. The molecule has 3 N–H and O–H groups in total. The van der Waals surface area contributed by atoms with Gasteiger partial charge in [-0.3, -0.25) is 33.9 Å². The van der Waals surface area contributed by atoms with Crippen molar-refractivity contribution in [2.45, 2.75) is 108 Å². The number of hydrogen-bond donors (Lipinski definition) is 3. The highest BCUT2D eigenvalue weighted by atomic mass is 19.4. The van der Waals surface area contributed by atoms with E-state index in [2.05, 4.69) is 35.8 Å². The zero-order chi connectivity index (χ0) is 45.2. The van der Waals surface area contributed by atoms with Crippen LogP contribution in [0.5, 0.6) is 0 Å². The number of piperazine rings is 1. The minimum atomic E-state index is -4.52. The quantitative estimate of drug-likeness (QED) is 0.149. The Bertz CT molecular complexity index is 2090. The van der Waals surface area contributed by atoms with E-state index >= 15 is 0 Å². The summed E-state index contributed by atoms with van der Waals surface area (Å²) in [5.74, 6) is -0.435. The molecule has 64 heavy (non-hydrogen) atoms. The van der Waals surface area contributed by atoms with Gasteiger partial charge in [-0.25, -0.2) is 9.97 Å². The van der Waals surface area contributed by atoms with E-state index in [0.717, 1.165) is 108 Å². The molecule has 1 aliphatic carbocycles. The lowest BCUT2D eigenvalue weighted by molar-refractivity contribution is -0.137. The molecule has 3 saturated heterocycles. The van der Waals surface area contributed by atoms with Gasteiger partial charge in [0.15, 0.2) is 0 Å². The number of anilines is 1. The molecular weight excluding hydrogens is 830 g/mol. The Labute approximate surface area is 372 Å². The molecule has 0 bridgehead atoms. The Morgan fingerprint density at radius 1 is 0.828 bits per heavy atom. The summed E-state index contributed by atoms with van der Waals surface area (Å²) in [5, 5.41) is 9.27. The lowest BCUT2D eigenvalue weighted by Crippen LogP contribution is -2.53. The molecule has 7 rings (SSSR count). The summed E-state index contributed by atoms with van der Waals surface area (Å²) >= 11 is 0. The molecule has 0 spiro atoms. The number of carbonyl (C=O) groups excluding carboxylic acids is 5. The van der Waals surface area contributed by atoms with Crippen molar-refractivity contribution in [2.75, 3.05) is 64.7 Å². The average molecular weight is 891 g/mol. The summed E-state index contributed by atoms with van der Waals surface area (Å²) in [4.78, 5) is 84.7. The van der Waals surface area contributed by atoms with E-state index in [1.807, 2.05) is 17.0 Å². The van der Waals surface area contributed by atoms with E-state index in [4.69, 9.17) is 0 Å². The van der Waals surface area contributed by atoms with Gasteiger partial charge in [0.05, 0.1) is 23.0 Å². The first-order valence-corrected chi connectivity index (χ1v) is 23.0. The molecule has 15 nitrogen and oxygen atoms in total. The molecule has 0 unspecified atom stereocenters. The van der Waals surface area contributed by atoms with Gasteiger partial charge in [0.25, 0.3) is 0 Å². The Kier molecular flexibility index (Phi) is 15.7. The highest BCUT2D eigenvalue weighted by Gasteiger charge is 2.43. The number of carbonyl (C=O) groups is 5. The first kappa shape index (κ1) is 46.6. The predicted octanol–water partition coefficient (Wildman–Crippen LogP) is 4.94. The number of alkyl halides is 3. The molecule has 5 amide bonds. The molecule has 2 aromatic heterocycles. The smallest absolute Gasteiger partial charge is 0.358 e. The van der Waals surface area contributed by atoms with Gasteiger partial charge < -0.3 is 30.7 Å². The molecule has 3 atom stereocenters. The van der Waals surface area contributed by atoms with Crippen molar-refractivity contribution >= 4 is 46.3 Å². The number of nitrogens with zero attached hydrogens (tertiary/aromatic N) is 7. The van der Waals surface area contributed by atoms with Crippen LogP contribution in [0.3, 0.4) is 0 Å². The Morgan fingerprint density at radius 2 is 1.56 bits per heavy atom. The van der Waals surface area contributed by atoms with E-state index in [0.29, 0.717) is 50.6 Å². The van der Waals surface area contributed by atoms with Crippen LogP contribution in [-0.2, 0) is 30.1 Å². The highest BCUT2D eigenvalue weighted by molar-refractivity contribution is 5.93. The van der Waals surface area contributed by atoms with Gasteiger partial charge in [-0.2, -0.15) is 13.2 Å². The highest BCUT2D eigenvalue weighted by Crippen LogP contribution is 2.37. The Balaban J connectivity index is 0.710. The number of unbranched alkanes of at least 4 members (excludes halogenated alkanes) is 5. The maximum Gasteiger partial charge on any atom is 0.416 e. The molecule has 4 fully saturated rings. The fourth-order valence-electron chi connectivity index (χ4n) is 9.83. The number of fused-ring (bicyclic) bond motifs is 1. The van der Waals surface area contributed by atoms with E-state index in [9.17, 15) is 37.1 Å². The van der Waals surface area contributed by atoms with Gasteiger partial charge in [-0.05, 0) is 74.8 Å². The normalized spacial score (nSPS) is 23.2.